The summed E-state index contributed by atoms with van der Waals surface area (Å²) in [6.07, 6.45) is 0.859. The van der Waals surface area contributed by atoms with Crippen LogP contribution in [-0.2, 0) is 17.8 Å². The van der Waals surface area contributed by atoms with E-state index in [1.807, 2.05) is 4.90 Å². The summed E-state index contributed by atoms with van der Waals surface area (Å²) in [6, 6.07) is 17.5. The lowest BCUT2D eigenvalue weighted by molar-refractivity contribution is -0.129. The monoisotopic (exact) mass is 495 g/mol. The quantitative estimate of drug-likeness (QED) is 0.599. The van der Waals surface area contributed by atoms with E-state index in [-0.39, 0.29) is 5.91 Å². The third-order valence-electron chi connectivity index (χ3n) is 8.01. The van der Waals surface area contributed by atoms with E-state index in [0.29, 0.717) is 38.3 Å². The molecule has 1 N–H and O–H groups in total. The third-order valence-corrected chi connectivity index (χ3v) is 8.01. The highest BCUT2D eigenvalue weighted by Gasteiger charge is 2.31. The number of hydrogen-bond donors (Lipinski definition) is 1. The minimum absolute atomic E-state index is 0.103. The molecule has 0 radical (unpaired) electrons. The highest BCUT2D eigenvalue weighted by molar-refractivity contribution is 5.94. The molecule has 3 aromatic rings. The lowest BCUT2D eigenvalue weighted by atomic mass is 9.94. The summed E-state index contributed by atoms with van der Waals surface area (Å²) in [5.41, 5.74) is 4.23. The van der Waals surface area contributed by atoms with E-state index < -0.39 is 0 Å². The topological polar surface area (TPSA) is 78.7 Å². The van der Waals surface area contributed by atoms with Gasteiger partial charge in [-0.2, -0.15) is 5.26 Å². The third kappa shape index (κ3) is 4.34. The van der Waals surface area contributed by atoms with Gasteiger partial charge in [-0.3, -0.25) is 4.79 Å². The number of nitrogens with one attached hydrogen (secondary N) is 1. The zero-order valence-electron chi connectivity index (χ0n) is 21.4. The number of anilines is 3. The first-order chi connectivity index (χ1) is 18.1. The highest BCUT2D eigenvalue weighted by atomic mass is 16.2. The van der Waals surface area contributed by atoms with Crippen LogP contribution in [0.25, 0.3) is 10.8 Å². The van der Waals surface area contributed by atoms with E-state index >= 15 is 0 Å². The number of amides is 1. The Kier molecular flexibility index (Phi) is 6.31. The molecule has 8 nitrogen and oxygen atoms in total. The smallest absolute Gasteiger partial charge is 0.219 e. The molecule has 0 atom stereocenters. The van der Waals surface area contributed by atoms with E-state index in [1.165, 1.54) is 22.0 Å². The predicted octanol–water partition coefficient (Wildman–Crippen LogP) is 2.75. The molecule has 2 fully saturated rings. The predicted molar refractivity (Wildman–Crippen MR) is 147 cm³/mol. The molecule has 3 aliphatic heterocycles. The first-order valence-corrected chi connectivity index (χ1v) is 13.3. The van der Waals surface area contributed by atoms with Crippen LogP contribution in [0.3, 0.4) is 0 Å². The number of rotatable bonds is 3. The maximum Gasteiger partial charge on any atom is 0.219 e. The molecule has 3 aliphatic rings. The molecular weight excluding hydrogens is 462 g/mol. The Labute approximate surface area is 218 Å². The Morgan fingerprint density at radius 1 is 0.865 bits per heavy atom. The summed E-state index contributed by atoms with van der Waals surface area (Å²) < 4.78 is 0. The maximum atomic E-state index is 11.9. The number of pyridine rings is 1. The van der Waals surface area contributed by atoms with E-state index in [1.54, 1.807) is 6.92 Å². The number of benzene rings is 2. The second-order valence-electron chi connectivity index (χ2n) is 10.1. The molecule has 190 valence electrons. The minimum atomic E-state index is 0.103. The van der Waals surface area contributed by atoms with Crippen LogP contribution in [0.5, 0.6) is 0 Å². The van der Waals surface area contributed by atoms with Gasteiger partial charge in [0.05, 0.1) is 5.56 Å². The molecule has 37 heavy (non-hydrogen) atoms. The molecule has 0 unspecified atom stereocenters. The first-order valence-electron chi connectivity index (χ1n) is 13.3. The lowest BCUT2D eigenvalue weighted by Crippen LogP contribution is -2.49. The summed E-state index contributed by atoms with van der Waals surface area (Å²) in [4.78, 5) is 26.0. The molecule has 0 spiro atoms. The van der Waals surface area contributed by atoms with Crippen molar-refractivity contribution in [3.05, 3.63) is 59.2 Å². The molecule has 2 aromatic carbocycles. The fraction of sp³-hybridized carbons (Fsp3) is 0.414. The second kappa shape index (κ2) is 9.91. The highest BCUT2D eigenvalue weighted by Crippen LogP contribution is 2.38. The molecular formula is C29H33N7O. The fourth-order valence-corrected chi connectivity index (χ4v) is 6.01. The van der Waals surface area contributed by atoms with Crippen molar-refractivity contribution >= 4 is 34.0 Å². The van der Waals surface area contributed by atoms with Gasteiger partial charge in [-0.15, -0.1) is 0 Å². The Hall–Kier alpha value is -3.83. The summed E-state index contributed by atoms with van der Waals surface area (Å²) in [7, 11) is 0. The van der Waals surface area contributed by atoms with Gasteiger partial charge >= 0.3 is 0 Å². The van der Waals surface area contributed by atoms with Crippen molar-refractivity contribution in [1.29, 1.82) is 5.26 Å². The fourth-order valence-electron chi connectivity index (χ4n) is 6.01. The van der Waals surface area contributed by atoms with Crippen molar-refractivity contribution in [2.24, 2.45) is 0 Å². The standard InChI is InChI=1S/C29H33N7O/c1-21(37)33-15-17-35(18-16-33)29-25(19-30)26-20-36(27-8-4-6-22-5-2-3-7-23(22)27)12-9-24(26)28(32-29)34-13-10-31-11-14-34/h2-8,31H,9-18,20H2,1H3. The van der Waals surface area contributed by atoms with Crippen molar-refractivity contribution in [3.8, 4) is 6.07 Å². The molecule has 0 bridgehead atoms. The van der Waals surface area contributed by atoms with Crippen molar-refractivity contribution in [1.82, 2.24) is 15.2 Å². The lowest BCUT2D eigenvalue weighted by Gasteiger charge is -2.39. The number of nitrogens with zero attached hydrogens (tertiary/aromatic N) is 6. The van der Waals surface area contributed by atoms with Crippen LogP contribution >= 0.6 is 0 Å². The maximum absolute atomic E-state index is 11.9. The second-order valence-corrected chi connectivity index (χ2v) is 10.1. The number of fused-ring (bicyclic) bond motifs is 2. The normalized spacial score (nSPS) is 18.1. The molecule has 1 amide bonds. The van der Waals surface area contributed by atoms with E-state index in [2.05, 4.69) is 68.6 Å². The van der Waals surface area contributed by atoms with Crippen molar-refractivity contribution in [3.63, 3.8) is 0 Å². The molecule has 4 heterocycles. The van der Waals surface area contributed by atoms with Gasteiger partial charge in [-0.05, 0) is 23.4 Å². The minimum Gasteiger partial charge on any atom is -0.366 e. The van der Waals surface area contributed by atoms with Gasteiger partial charge in [0.1, 0.15) is 17.7 Å². The average molecular weight is 496 g/mol. The van der Waals surface area contributed by atoms with Crippen LogP contribution in [0.4, 0.5) is 17.3 Å². The average Bonchev–Trinajstić information content (AvgIpc) is 2.96. The summed E-state index contributed by atoms with van der Waals surface area (Å²) >= 11 is 0. The van der Waals surface area contributed by atoms with E-state index in [9.17, 15) is 10.1 Å². The Balaban J connectivity index is 1.43. The van der Waals surface area contributed by atoms with Gasteiger partial charge < -0.3 is 24.9 Å². The van der Waals surface area contributed by atoms with Gasteiger partial charge in [0, 0.05) is 89.0 Å². The first kappa shape index (κ1) is 23.6. The van der Waals surface area contributed by atoms with Crippen molar-refractivity contribution < 1.29 is 4.79 Å². The molecule has 6 rings (SSSR count). The Morgan fingerprint density at radius 2 is 1.59 bits per heavy atom. The number of hydrogen-bond acceptors (Lipinski definition) is 7. The molecule has 0 aliphatic carbocycles. The van der Waals surface area contributed by atoms with Gasteiger partial charge in [0.15, 0.2) is 0 Å². The van der Waals surface area contributed by atoms with Crippen LogP contribution in [-0.4, -0.2) is 74.7 Å². The van der Waals surface area contributed by atoms with Crippen molar-refractivity contribution in [2.75, 3.05) is 73.6 Å². The molecule has 1 aromatic heterocycles. The van der Waals surface area contributed by atoms with Crippen molar-refractivity contribution in [2.45, 2.75) is 19.9 Å². The number of carbonyl (C=O) groups is 1. The number of aromatic nitrogens is 1. The molecule has 0 saturated carbocycles. The van der Waals surface area contributed by atoms with E-state index in [0.717, 1.165) is 56.3 Å². The van der Waals surface area contributed by atoms with Gasteiger partial charge in [-0.1, -0.05) is 36.4 Å². The van der Waals surface area contributed by atoms with Crippen LogP contribution in [0, 0.1) is 11.3 Å². The summed E-state index contributed by atoms with van der Waals surface area (Å²) in [5.74, 6) is 1.92. The van der Waals surface area contributed by atoms with Crippen LogP contribution in [0.15, 0.2) is 42.5 Å². The van der Waals surface area contributed by atoms with Gasteiger partial charge in [0.25, 0.3) is 0 Å². The number of nitriles is 1. The summed E-state index contributed by atoms with van der Waals surface area (Å²) in [6.45, 7) is 9.59. The SMILES string of the molecule is CC(=O)N1CCN(c2nc(N3CCNCC3)c3c(c2C#N)CN(c2cccc4ccccc24)CC3)CC1. The van der Waals surface area contributed by atoms with Gasteiger partial charge in [0.2, 0.25) is 5.91 Å². The molecule has 8 heteroatoms. The molecule has 2 saturated heterocycles. The van der Waals surface area contributed by atoms with E-state index in [4.69, 9.17) is 4.98 Å². The van der Waals surface area contributed by atoms with Crippen LogP contribution in [0.1, 0.15) is 23.6 Å². The largest absolute Gasteiger partial charge is 0.366 e. The van der Waals surface area contributed by atoms with Gasteiger partial charge in [-0.25, -0.2) is 4.98 Å². The number of piperazine rings is 2. The Morgan fingerprint density at radius 3 is 2.35 bits per heavy atom. The zero-order chi connectivity index (χ0) is 25.4. The van der Waals surface area contributed by atoms with Crippen LogP contribution in [0.2, 0.25) is 0 Å². The van der Waals surface area contributed by atoms with Crippen LogP contribution < -0.4 is 20.0 Å². The zero-order valence-corrected chi connectivity index (χ0v) is 21.4. The Bertz CT molecular complexity index is 1360. The summed E-state index contributed by atoms with van der Waals surface area (Å²) in [5, 5.41) is 16.4. The number of carbonyl (C=O) groups excluding carboxylic acids is 1.